The number of ether oxygens (including phenoxy) is 2. The van der Waals surface area contributed by atoms with Crippen LogP contribution in [0.15, 0.2) is 40.9 Å². The van der Waals surface area contributed by atoms with Crippen LogP contribution in [0, 0.1) is 0 Å². The fraction of sp³-hybridized carbons (Fsp3) is 0.278. The van der Waals surface area contributed by atoms with Crippen molar-refractivity contribution in [3.63, 3.8) is 0 Å². The topological polar surface area (TPSA) is 84.9 Å². The number of anilines is 1. The third-order valence-corrected chi connectivity index (χ3v) is 5.83. The first-order chi connectivity index (χ1) is 13.1. The second kappa shape index (κ2) is 9.60. The van der Waals surface area contributed by atoms with E-state index in [0.717, 1.165) is 20.6 Å². The molecule has 0 saturated heterocycles. The van der Waals surface area contributed by atoms with Crippen LogP contribution >= 0.6 is 27.5 Å². The van der Waals surface area contributed by atoms with E-state index in [1.165, 1.54) is 26.4 Å². The fourth-order valence-electron chi connectivity index (χ4n) is 2.39. The zero-order valence-electron chi connectivity index (χ0n) is 15.5. The molecule has 1 amide bonds. The summed E-state index contributed by atoms with van der Waals surface area (Å²) in [5, 5.41) is 2.97. The Labute approximate surface area is 177 Å². The Morgan fingerprint density at radius 2 is 1.75 bits per heavy atom. The van der Waals surface area contributed by atoms with Crippen molar-refractivity contribution < 1.29 is 22.7 Å². The van der Waals surface area contributed by atoms with Crippen molar-refractivity contribution in [2.45, 2.75) is 6.54 Å². The number of rotatable bonds is 8. The Morgan fingerprint density at radius 3 is 2.29 bits per heavy atom. The van der Waals surface area contributed by atoms with Crippen molar-refractivity contribution in [3.05, 3.63) is 51.5 Å². The lowest BCUT2D eigenvalue weighted by molar-refractivity contribution is -0.116. The first kappa shape index (κ1) is 22.5. The van der Waals surface area contributed by atoms with E-state index in [4.69, 9.17) is 21.1 Å². The van der Waals surface area contributed by atoms with Crippen LogP contribution in [0.5, 0.6) is 11.5 Å². The molecule has 1 N–H and O–H groups in total. The summed E-state index contributed by atoms with van der Waals surface area (Å²) in [6, 6.07) is 10.2. The SMILES string of the molecule is COc1cc(NC(=O)CN(Cc2ccc(Br)cc2)S(C)(=O)=O)c(OC)cc1Cl. The molecular weight excluding hydrogens is 472 g/mol. The predicted molar refractivity (Wildman–Crippen MR) is 113 cm³/mol. The van der Waals surface area contributed by atoms with Crippen molar-refractivity contribution in [2.24, 2.45) is 0 Å². The Bertz CT molecular complexity index is 951. The smallest absolute Gasteiger partial charge is 0.239 e. The van der Waals surface area contributed by atoms with Gasteiger partial charge >= 0.3 is 0 Å². The van der Waals surface area contributed by atoms with Crippen LogP contribution in [0.1, 0.15) is 5.56 Å². The monoisotopic (exact) mass is 490 g/mol. The maximum atomic E-state index is 12.5. The second-order valence-corrected chi connectivity index (χ2v) is 9.20. The number of hydrogen-bond donors (Lipinski definition) is 1. The molecule has 2 aromatic carbocycles. The summed E-state index contributed by atoms with van der Waals surface area (Å²) >= 11 is 9.39. The third kappa shape index (κ3) is 6.10. The van der Waals surface area contributed by atoms with Gasteiger partial charge in [0.1, 0.15) is 11.5 Å². The molecule has 152 valence electrons. The lowest BCUT2D eigenvalue weighted by atomic mass is 10.2. The number of sulfonamides is 1. The van der Waals surface area contributed by atoms with Crippen LogP contribution in [0.25, 0.3) is 0 Å². The minimum absolute atomic E-state index is 0.0700. The molecule has 0 aliphatic heterocycles. The summed E-state index contributed by atoms with van der Waals surface area (Å²) in [7, 11) is -0.730. The van der Waals surface area contributed by atoms with Gasteiger partial charge in [0.05, 0.1) is 37.7 Å². The Balaban J connectivity index is 2.19. The maximum Gasteiger partial charge on any atom is 0.239 e. The van der Waals surface area contributed by atoms with Gasteiger partial charge in [-0.05, 0) is 17.7 Å². The Morgan fingerprint density at radius 1 is 1.14 bits per heavy atom. The molecule has 0 spiro atoms. The van der Waals surface area contributed by atoms with Crippen molar-refractivity contribution >= 4 is 49.1 Å². The predicted octanol–water partition coefficient (Wildman–Crippen LogP) is 3.52. The van der Waals surface area contributed by atoms with Crippen molar-refractivity contribution in [1.82, 2.24) is 4.31 Å². The molecule has 0 heterocycles. The molecule has 0 aliphatic carbocycles. The fourth-order valence-corrected chi connectivity index (χ4v) is 3.62. The number of halogens is 2. The molecule has 28 heavy (non-hydrogen) atoms. The van der Waals surface area contributed by atoms with Gasteiger partial charge in [0.25, 0.3) is 0 Å². The summed E-state index contributed by atoms with van der Waals surface area (Å²) in [5.41, 5.74) is 1.08. The van der Waals surface area contributed by atoms with Gasteiger partial charge in [0.2, 0.25) is 15.9 Å². The van der Waals surface area contributed by atoms with Crippen molar-refractivity contribution in [1.29, 1.82) is 0 Å². The van der Waals surface area contributed by atoms with E-state index in [9.17, 15) is 13.2 Å². The number of carbonyl (C=O) groups is 1. The molecule has 2 aromatic rings. The number of benzene rings is 2. The normalized spacial score (nSPS) is 11.4. The maximum absolute atomic E-state index is 12.5. The Kier molecular flexibility index (Phi) is 7.70. The van der Waals surface area contributed by atoms with E-state index >= 15 is 0 Å². The molecule has 0 aromatic heterocycles. The first-order valence-corrected chi connectivity index (χ1v) is 11.1. The highest BCUT2D eigenvalue weighted by molar-refractivity contribution is 9.10. The average molecular weight is 492 g/mol. The van der Waals surface area contributed by atoms with E-state index in [1.807, 2.05) is 0 Å². The summed E-state index contributed by atoms with van der Waals surface area (Å²) in [6.07, 6.45) is 1.06. The van der Waals surface area contributed by atoms with Crippen LogP contribution in [0.4, 0.5) is 5.69 Å². The van der Waals surface area contributed by atoms with Crippen LogP contribution in [-0.4, -0.2) is 45.7 Å². The number of hydrogen-bond acceptors (Lipinski definition) is 5. The molecule has 0 atom stereocenters. The molecule has 0 fully saturated rings. The van der Waals surface area contributed by atoms with Gasteiger partial charge < -0.3 is 14.8 Å². The largest absolute Gasteiger partial charge is 0.495 e. The Hall–Kier alpha value is -1.81. The van der Waals surface area contributed by atoms with Crippen molar-refractivity contribution in [2.75, 3.05) is 32.3 Å². The van der Waals surface area contributed by atoms with Gasteiger partial charge in [-0.25, -0.2) is 8.42 Å². The van der Waals surface area contributed by atoms with E-state index in [0.29, 0.717) is 22.2 Å². The molecule has 0 aliphatic rings. The number of methoxy groups -OCH3 is 2. The van der Waals surface area contributed by atoms with Gasteiger partial charge in [-0.1, -0.05) is 39.7 Å². The highest BCUT2D eigenvalue weighted by atomic mass is 79.9. The van der Waals surface area contributed by atoms with E-state index < -0.39 is 15.9 Å². The van der Waals surface area contributed by atoms with Crippen LogP contribution in [-0.2, 0) is 21.4 Å². The van der Waals surface area contributed by atoms with Crippen LogP contribution in [0.3, 0.4) is 0 Å². The molecule has 0 bridgehead atoms. The molecule has 7 nitrogen and oxygen atoms in total. The average Bonchev–Trinajstić information content (AvgIpc) is 2.63. The molecule has 2 rings (SSSR count). The standard InChI is InChI=1S/C18H20BrClN2O5S/c1-26-16-9-15(17(27-2)8-14(16)20)21-18(23)11-22(28(3,24)25)10-12-4-6-13(19)7-5-12/h4-9H,10-11H2,1-3H3,(H,21,23). The molecule has 10 heteroatoms. The number of amides is 1. The number of nitrogens with zero attached hydrogens (tertiary/aromatic N) is 1. The lowest BCUT2D eigenvalue weighted by Gasteiger charge is -2.20. The number of nitrogens with one attached hydrogen (secondary N) is 1. The van der Waals surface area contributed by atoms with Gasteiger partial charge in [0.15, 0.2) is 0 Å². The highest BCUT2D eigenvalue weighted by Crippen LogP contribution is 2.35. The zero-order chi connectivity index (χ0) is 20.9. The second-order valence-electron chi connectivity index (χ2n) is 5.89. The summed E-state index contributed by atoms with van der Waals surface area (Å²) in [5.74, 6) is 0.163. The third-order valence-electron chi connectivity index (χ3n) is 3.81. The molecular formula is C18H20BrClN2O5S. The minimum Gasteiger partial charge on any atom is -0.495 e. The van der Waals surface area contributed by atoms with Gasteiger partial charge in [-0.3, -0.25) is 4.79 Å². The quantitative estimate of drug-likeness (QED) is 0.611. The van der Waals surface area contributed by atoms with Crippen LogP contribution < -0.4 is 14.8 Å². The summed E-state index contributed by atoms with van der Waals surface area (Å²) < 4.78 is 36.6. The van der Waals surface area contributed by atoms with Gasteiger partial charge in [0, 0.05) is 23.2 Å². The van der Waals surface area contributed by atoms with E-state index in [1.54, 1.807) is 24.3 Å². The molecule has 0 unspecified atom stereocenters. The van der Waals surface area contributed by atoms with Crippen LogP contribution in [0.2, 0.25) is 5.02 Å². The molecule has 0 radical (unpaired) electrons. The van der Waals surface area contributed by atoms with E-state index in [2.05, 4.69) is 21.2 Å². The summed E-state index contributed by atoms with van der Waals surface area (Å²) in [6.45, 7) is -0.288. The summed E-state index contributed by atoms with van der Waals surface area (Å²) in [4.78, 5) is 12.5. The minimum atomic E-state index is -3.61. The van der Waals surface area contributed by atoms with Gasteiger partial charge in [-0.2, -0.15) is 4.31 Å². The zero-order valence-corrected chi connectivity index (χ0v) is 18.7. The van der Waals surface area contributed by atoms with Gasteiger partial charge in [-0.15, -0.1) is 0 Å². The number of carbonyl (C=O) groups excluding carboxylic acids is 1. The lowest BCUT2D eigenvalue weighted by Crippen LogP contribution is -2.36. The van der Waals surface area contributed by atoms with E-state index in [-0.39, 0.29) is 13.1 Å². The van der Waals surface area contributed by atoms with Crippen molar-refractivity contribution in [3.8, 4) is 11.5 Å². The molecule has 0 saturated carbocycles. The highest BCUT2D eigenvalue weighted by Gasteiger charge is 2.22. The first-order valence-electron chi connectivity index (χ1n) is 8.05.